The van der Waals surface area contributed by atoms with Crippen LogP contribution in [0.4, 0.5) is 0 Å². The summed E-state index contributed by atoms with van der Waals surface area (Å²) in [5.74, 6) is -0.509. The Morgan fingerprint density at radius 1 is 1.30 bits per heavy atom. The van der Waals surface area contributed by atoms with E-state index in [1.807, 2.05) is 6.07 Å². The lowest BCUT2D eigenvalue weighted by atomic mass is 10.1. The summed E-state index contributed by atoms with van der Waals surface area (Å²) in [6.45, 7) is 0.992. The molecule has 1 amide bonds. The number of sulfonamides is 1. The van der Waals surface area contributed by atoms with Gasteiger partial charge in [0.1, 0.15) is 14.2 Å². The second kappa shape index (κ2) is 8.32. The number of benzene rings is 1. The topological polar surface area (TPSA) is 103 Å². The zero-order valence-corrected chi connectivity index (χ0v) is 18.1. The maximum absolute atomic E-state index is 12.7. The van der Waals surface area contributed by atoms with Gasteiger partial charge >= 0.3 is 0 Å². The van der Waals surface area contributed by atoms with E-state index in [0.717, 1.165) is 16.9 Å². The van der Waals surface area contributed by atoms with Crippen molar-refractivity contribution in [3.05, 3.63) is 58.7 Å². The van der Waals surface area contributed by atoms with E-state index in [-0.39, 0.29) is 16.7 Å². The van der Waals surface area contributed by atoms with Crippen LogP contribution in [0, 0.1) is 17.2 Å². The number of pyridine rings is 1. The monoisotopic (exact) mass is 460 g/mol. The Balaban J connectivity index is 1.40. The van der Waals surface area contributed by atoms with E-state index in [2.05, 4.69) is 15.8 Å². The molecule has 2 aromatic heterocycles. The van der Waals surface area contributed by atoms with Gasteiger partial charge < -0.3 is 4.90 Å². The first kappa shape index (κ1) is 20.8. The highest BCUT2D eigenvalue weighted by Gasteiger charge is 2.32. The van der Waals surface area contributed by atoms with Crippen LogP contribution in [0.15, 0.2) is 46.7 Å². The van der Waals surface area contributed by atoms with Gasteiger partial charge in [0.2, 0.25) is 15.9 Å². The number of likely N-dealkylation sites (tertiary alicyclic amines) is 1. The summed E-state index contributed by atoms with van der Waals surface area (Å²) in [6, 6.07) is 14.1. The zero-order valence-electron chi connectivity index (χ0n) is 15.7. The molecule has 1 fully saturated rings. The van der Waals surface area contributed by atoms with Crippen molar-refractivity contribution in [1.82, 2.24) is 14.6 Å². The highest BCUT2D eigenvalue weighted by atomic mass is 35.5. The lowest BCUT2D eigenvalue weighted by molar-refractivity contribution is -0.131. The molecular formula is C20H17ClN4O3S2. The van der Waals surface area contributed by atoms with Gasteiger partial charge in [-0.2, -0.15) is 5.26 Å². The summed E-state index contributed by atoms with van der Waals surface area (Å²) in [7, 11) is -3.75. The predicted molar refractivity (Wildman–Crippen MR) is 114 cm³/mol. The maximum Gasteiger partial charge on any atom is 0.250 e. The van der Waals surface area contributed by atoms with Crippen molar-refractivity contribution < 1.29 is 13.2 Å². The minimum Gasteiger partial charge on any atom is -0.338 e. The third-order valence-corrected chi connectivity index (χ3v) is 8.10. The Hall–Kier alpha value is -2.51. The molecule has 0 unspecified atom stereocenters. The minimum atomic E-state index is -3.75. The second-order valence-electron chi connectivity index (χ2n) is 7.00. The molecule has 0 spiro atoms. The summed E-state index contributed by atoms with van der Waals surface area (Å²) in [4.78, 5) is 19.1. The first-order chi connectivity index (χ1) is 14.4. The van der Waals surface area contributed by atoms with Crippen LogP contribution >= 0.6 is 22.9 Å². The van der Waals surface area contributed by atoms with Gasteiger partial charge in [-0.25, -0.2) is 18.1 Å². The van der Waals surface area contributed by atoms with Gasteiger partial charge in [0.15, 0.2) is 0 Å². The zero-order chi connectivity index (χ0) is 21.3. The van der Waals surface area contributed by atoms with Crippen LogP contribution in [0.25, 0.3) is 10.2 Å². The molecule has 0 saturated carbocycles. The Morgan fingerprint density at radius 3 is 2.93 bits per heavy atom. The van der Waals surface area contributed by atoms with Gasteiger partial charge in [-0.15, -0.1) is 11.3 Å². The number of rotatable bonds is 6. The number of hydrogen-bond donors (Lipinski definition) is 1. The number of carbonyl (C=O) groups is 1. The first-order valence-electron chi connectivity index (χ1n) is 9.19. The molecule has 3 aromatic rings. The third kappa shape index (κ3) is 4.32. The van der Waals surface area contributed by atoms with Gasteiger partial charge in [0.25, 0.3) is 0 Å². The maximum atomic E-state index is 12.7. The average Bonchev–Trinajstić information content (AvgIpc) is 3.31. The van der Waals surface area contributed by atoms with Crippen molar-refractivity contribution in [3.63, 3.8) is 0 Å². The van der Waals surface area contributed by atoms with E-state index in [9.17, 15) is 13.2 Å². The van der Waals surface area contributed by atoms with Crippen LogP contribution in [-0.4, -0.2) is 37.3 Å². The van der Waals surface area contributed by atoms with E-state index in [0.29, 0.717) is 40.4 Å². The number of fused-ring (bicyclic) bond motifs is 1. The minimum absolute atomic E-state index is 0.0400. The summed E-state index contributed by atoms with van der Waals surface area (Å²) in [6.07, 6.45) is 0.572. The first-order valence-corrected chi connectivity index (χ1v) is 11.9. The largest absolute Gasteiger partial charge is 0.338 e. The van der Waals surface area contributed by atoms with Crippen LogP contribution < -0.4 is 4.72 Å². The van der Waals surface area contributed by atoms with Gasteiger partial charge in [-0.3, -0.25) is 4.79 Å². The number of hydrogen-bond acceptors (Lipinski definition) is 6. The van der Waals surface area contributed by atoms with Crippen LogP contribution in [0.5, 0.6) is 0 Å². The summed E-state index contributed by atoms with van der Waals surface area (Å²) < 4.78 is 28.1. The molecule has 1 N–H and O–H groups in total. The number of nitriles is 1. The average molecular weight is 461 g/mol. The third-order valence-electron chi connectivity index (χ3n) is 4.95. The van der Waals surface area contributed by atoms with Gasteiger partial charge in [-0.05, 0) is 42.3 Å². The normalized spacial score (nSPS) is 16.9. The molecule has 0 bridgehead atoms. The van der Waals surface area contributed by atoms with Crippen molar-refractivity contribution in [2.24, 2.45) is 5.92 Å². The van der Waals surface area contributed by atoms with Crippen molar-refractivity contribution >= 4 is 49.1 Å². The molecule has 7 nitrogen and oxygen atoms in total. The Bertz CT molecular complexity index is 1270. The molecule has 1 aromatic carbocycles. The molecule has 4 rings (SSSR count). The molecule has 10 heteroatoms. The SMILES string of the molecule is N#Cc1cccc(CN2CC[C@@H](CNS(=O)(=O)c3cc4ccc(Cl)nc4s3)C2=O)c1. The number of halogens is 1. The van der Waals surface area contributed by atoms with Crippen LogP contribution in [0.3, 0.4) is 0 Å². The van der Waals surface area contributed by atoms with E-state index in [1.165, 1.54) is 0 Å². The van der Waals surface area contributed by atoms with Crippen LogP contribution in [0.1, 0.15) is 17.5 Å². The molecule has 30 heavy (non-hydrogen) atoms. The van der Waals surface area contributed by atoms with Crippen molar-refractivity contribution in [1.29, 1.82) is 5.26 Å². The number of aromatic nitrogens is 1. The highest BCUT2D eigenvalue weighted by molar-refractivity contribution is 7.91. The smallest absolute Gasteiger partial charge is 0.250 e. The molecule has 154 valence electrons. The van der Waals surface area contributed by atoms with Crippen LogP contribution in [0.2, 0.25) is 5.15 Å². The van der Waals surface area contributed by atoms with E-state index in [1.54, 1.807) is 41.3 Å². The molecule has 1 saturated heterocycles. The predicted octanol–water partition coefficient (Wildman–Crippen LogP) is 3.15. The van der Waals surface area contributed by atoms with Gasteiger partial charge in [0, 0.05) is 25.0 Å². The second-order valence-corrected chi connectivity index (χ2v) is 10.4. The van der Waals surface area contributed by atoms with Gasteiger partial charge in [0.05, 0.1) is 17.6 Å². The lowest BCUT2D eigenvalue weighted by Gasteiger charge is -2.17. The number of nitrogens with zero attached hydrogens (tertiary/aromatic N) is 3. The summed E-state index contributed by atoms with van der Waals surface area (Å²) >= 11 is 6.91. The number of amides is 1. The fourth-order valence-corrected chi connectivity index (χ4v) is 6.06. The van der Waals surface area contributed by atoms with E-state index in [4.69, 9.17) is 16.9 Å². The standard InChI is InChI=1S/C20H17ClN4O3S2/c21-17-5-4-15-9-18(29-19(15)24-17)30(27,28)23-11-16-6-7-25(20(16)26)12-14-3-1-2-13(8-14)10-22/h1-5,8-9,16,23H,6-7,11-12H2/t16-/m0/s1. The Morgan fingerprint density at radius 2 is 2.13 bits per heavy atom. The molecule has 0 aliphatic carbocycles. The Kier molecular flexibility index (Phi) is 5.75. The van der Waals surface area contributed by atoms with Gasteiger partial charge in [-0.1, -0.05) is 23.7 Å². The molecular weight excluding hydrogens is 444 g/mol. The number of thiophene rings is 1. The molecule has 1 aliphatic rings. The van der Waals surface area contributed by atoms with Crippen LogP contribution in [-0.2, 0) is 21.4 Å². The van der Waals surface area contributed by atoms with Crippen molar-refractivity contribution in [2.75, 3.05) is 13.1 Å². The molecule has 3 heterocycles. The van der Waals surface area contributed by atoms with E-state index < -0.39 is 15.9 Å². The summed E-state index contributed by atoms with van der Waals surface area (Å²) in [5.41, 5.74) is 1.42. The highest BCUT2D eigenvalue weighted by Crippen LogP contribution is 2.29. The molecule has 1 aliphatic heterocycles. The number of carbonyl (C=O) groups excluding carboxylic acids is 1. The molecule has 0 radical (unpaired) electrons. The van der Waals surface area contributed by atoms with E-state index >= 15 is 0 Å². The number of nitrogens with one attached hydrogen (secondary N) is 1. The lowest BCUT2D eigenvalue weighted by Crippen LogP contribution is -2.34. The van der Waals surface area contributed by atoms with Crippen molar-refractivity contribution in [2.45, 2.75) is 17.2 Å². The summed E-state index contributed by atoms with van der Waals surface area (Å²) in [5, 5.41) is 10.0. The molecule has 1 atom stereocenters. The van der Waals surface area contributed by atoms with Crippen molar-refractivity contribution in [3.8, 4) is 6.07 Å². The Labute approximate surface area is 183 Å². The quantitative estimate of drug-likeness (QED) is 0.569. The fraction of sp³-hybridized carbons (Fsp3) is 0.250. The fourth-order valence-electron chi connectivity index (χ4n) is 3.40.